The van der Waals surface area contributed by atoms with Gasteiger partial charge in [0.15, 0.2) is 0 Å². The lowest BCUT2D eigenvalue weighted by molar-refractivity contribution is 0.0696. The number of carboxylic acids is 1. The number of carboxylic acid groups (broad SMARTS) is 1. The van der Waals surface area contributed by atoms with Crippen LogP contribution < -0.4 is 5.32 Å². The van der Waals surface area contributed by atoms with Gasteiger partial charge in [0.1, 0.15) is 12.0 Å². The Balaban J connectivity index is 1.79. The standard InChI is InChI=1S/C12H14N2O3S/c1-8(11-14-2-3-18-11)5-13-6-10-4-9(7-17-10)12(15)16/h2-4,7-8,13H,5-6H2,1H3,(H,15,16). The van der Waals surface area contributed by atoms with E-state index in [4.69, 9.17) is 9.52 Å². The molecule has 0 saturated heterocycles. The largest absolute Gasteiger partial charge is 0.478 e. The topological polar surface area (TPSA) is 75.4 Å². The first-order valence-electron chi connectivity index (χ1n) is 5.57. The maximum Gasteiger partial charge on any atom is 0.338 e. The van der Waals surface area contributed by atoms with Gasteiger partial charge in [0.2, 0.25) is 0 Å². The number of nitrogens with zero attached hydrogens (tertiary/aromatic N) is 1. The van der Waals surface area contributed by atoms with E-state index in [0.717, 1.165) is 11.6 Å². The number of hydrogen-bond acceptors (Lipinski definition) is 5. The Morgan fingerprint density at radius 3 is 3.11 bits per heavy atom. The fourth-order valence-electron chi connectivity index (χ4n) is 1.56. The summed E-state index contributed by atoms with van der Waals surface area (Å²) in [5, 5.41) is 15.0. The zero-order chi connectivity index (χ0) is 13.0. The van der Waals surface area contributed by atoms with Gasteiger partial charge in [-0.15, -0.1) is 11.3 Å². The Kier molecular flexibility index (Phi) is 4.11. The van der Waals surface area contributed by atoms with Gasteiger partial charge in [0.05, 0.1) is 17.1 Å². The number of rotatable bonds is 6. The molecule has 2 rings (SSSR count). The van der Waals surface area contributed by atoms with Gasteiger partial charge in [-0.05, 0) is 6.07 Å². The summed E-state index contributed by atoms with van der Waals surface area (Å²) < 4.78 is 5.14. The number of carbonyl (C=O) groups is 1. The van der Waals surface area contributed by atoms with Crippen molar-refractivity contribution in [2.45, 2.75) is 19.4 Å². The van der Waals surface area contributed by atoms with Gasteiger partial charge in [-0.2, -0.15) is 0 Å². The zero-order valence-electron chi connectivity index (χ0n) is 9.92. The van der Waals surface area contributed by atoms with Gasteiger partial charge >= 0.3 is 5.97 Å². The third-order valence-electron chi connectivity index (χ3n) is 2.52. The summed E-state index contributed by atoms with van der Waals surface area (Å²) in [5.74, 6) is -0.0150. The summed E-state index contributed by atoms with van der Waals surface area (Å²) in [6.07, 6.45) is 3.05. The van der Waals surface area contributed by atoms with E-state index in [2.05, 4.69) is 17.2 Å². The molecule has 18 heavy (non-hydrogen) atoms. The highest BCUT2D eigenvalue weighted by Crippen LogP contribution is 2.16. The van der Waals surface area contributed by atoms with Crippen LogP contribution >= 0.6 is 11.3 Å². The van der Waals surface area contributed by atoms with Crippen LogP contribution in [0.4, 0.5) is 0 Å². The van der Waals surface area contributed by atoms with E-state index in [0.29, 0.717) is 18.2 Å². The van der Waals surface area contributed by atoms with E-state index in [-0.39, 0.29) is 5.56 Å². The zero-order valence-corrected chi connectivity index (χ0v) is 10.7. The van der Waals surface area contributed by atoms with Crippen LogP contribution in [0.15, 0.2) is 28.3 Å². The maximum atomic E-state index is 10.7. The Labute approximate surface area is 108 Å². The second-order valence-electron chi connectivity index (χ2n) is 4.01. The number of thiazole rings is 1. The van der Waals surface area contributed by atoms with E-state index < -0.39 is 5.97 Å². The van der Waals surface area contributed by atoms with Crippen LogP contribution in [0.1, 0.15) is 34.0 Å². The summed E-state index contributed by atoms with van der Waals surface area (Å²) >= 11 is 1.63. The Bertz CT molecular complexity index is 507. The van der Waals surface area contributed by atoms with Crippen molar-refractivity contribution in [2.75, 3.05) is 6.54 Å². The van der Waals surface area contributed by atoms with Crippen molar-refractivity contribution in [1.82, 2.24) is 10.3 Å². The number of hydrogen-bond donors (Lipinski definition) is 2. The smallest absolute Gasteiger partial charge is 0.338 e. The molecule has 0 spiro atoms. The Morgan fingerprint density at radius 1 is 1.67 bits per heavy atom. The minimum atomic E-state index is -0.971. The fourth-order valence-corrected chi connectivity index (χ4v) is 2.26. The summed E-state index contributed by atoms with van der Waals surface area (Å²) in [4.78, 5) is 14.9. The molecule has 0 aliphatic heterocycles. The van der Waals surface area contributed by atoms with Crippen molar-refractivity contribution in [3.8, 4) is 0 Å². The molecule has 0 saturated carbocycles. The molecule has 0 fully saturated rings. The molecule has 2 aromatic heterocycles. The average molecular weight is 266 g/mol. The van der Waals surface area contributed by atoms with Crippen LogP contribution in [0.2, 0.25) is 0 Å². The van der Waals surface area contributed by atoms with Gasteiger partial charge in [-0.25, -0.2) is 9.78 Å². The van der Waals surface area contributed by atoms with E-state index in [1.165, 1.54) is 12.3 Å². The maximum absolute atomic E-state index is 10.7. The van der Waals surface area contributed by atoms with E-state index >= 15 is 0 Å². The Hall–Kier alpha value is -1.66. The van der Waals surface area contributed by atoms with E-state index in [1.54, 1.807) is 17.5 Å². The molecule has 1 atom stereocenters. The van der Waals surface area contributed by atoms with Crippen LogP contribution in [-0.4, -0.2) is 22.6 Å². The SMILES string of the molecule is CC(CNCc1cc(C(=O)O)co1)c1nccs1. The van der Waals surface area contributed by atoms with E-state index in [1.807, 2.05) is 5.38 Å². The summed E-state index contributed by atoms with van der Waals surface area (Å²) in [7, 11) is 0. The molecule has 1 unspecified atom stereocenters. The van der Waals surface area contributed by atoms with Crippen LogP contribution in [0.5, 0.6) is 0 Å². The summed E-state index contributed by atoms with van der Waals surface area (Å²) in [6, 6.07) is 1.53. The molecular formula is C12H14N2O3S. The van der Waals surface area contributed by atoms with Gasteiger partial charge in [-0.3, -0.25) is 0 Å². The minimum Gasteiger partial charge on any atom is -0.478 e. The van der Waals surface area contributed by atoms with Crippen molar-refractivity contribution in [1.29, 1.82) is 0 Å². The molecule has 2 heterocycles. The normalized spacial score (nSPS) is 12.5. The molecular weight excluding hydrogens is 252 g/mol. The van der Waals surface area contributed by atoms with Gasteiger partial charge in [0, 0.05) is 24.0 Å². The molecule has 6 heteroatoms. The number of nitrogens with one attached hydrogen (secondary N) is 1. The fraction of sp³-hybridized carbons (Fsp3) is 0.333. The first kappa shape index (κ1) is 12.8. The molecule has 0 bridgehead atoms. The van der Waals surface area contributed by atoms with Crippen LogP contribution in [0.3, 0.4) is 0 Å². The molecule has 0 aromatic carbocycles. The molecule has 0 radical (unpaired) electrons. The lowest BCUT2D eigenvalue weighted by Gasteiger charge is -2.08. The first-order valence-corrected chi connectivity index (χ1v) is 6.45. The molecule has 0 aliphatic carbocycles. The molecule has 96 valence electrons. The molecule has 2 aromatic rings. The predicted octanol–water partition coefficient (Wildman–Crippen LogP) is 2.33. The number of aromatic nitrogens is 1. The molecule has 5 nitrogen and oxygen atoms in total. The second kappa shape index (κ2) is 5.79. The second-order valence-corrected chi connectivity index (χ2v) is 4.94. The van der Waals surface area contributed by atoms with Crippen molar-refractivity contribution in [2.24, 2.45) is 0 Å². The van der Waals surface area contributed by atoms with Crippen molar-refractivity contribution in [3.05, 3.63) is 40.2 Å². The minimum absolute atomic E-state index is 0.180. The monoisotopic (exact) mass is 266 g/mol. The van der Waals surface area contributed by atoms with E-state index in [9.17, 15) is 4.79 Å². The predicted molar refractivity (Wildman–Crippen MR) is 67.9 cm³/mol. The number of aromatic carboxylic acids is 1. The lowest BCUT2D eigenvalue weighted by atomic mass is 10.2. The van der Waals surface area contributed by atoms with Gasteiger partial charge < -0.3 is 14.8 Å². The van der Waals surface area contributed by atoms with Crippen molar-refractivity contribution >= 4 is 17.3 Å². The summed E-state index contributed by atoms with van der Waals surface area (Å²) in [5.41, 5.74) is 0.180. The highest BCUT2D eigenvalue weighted by atomic mass is 32.1. The van der Waals surface area contributed by atoms with Crippen LogP contribution in [0, 0.1) is 0 Å². The molecule has 2 N–H and O–H groups in total. The quantitative estimate of drug-likeness (QED) is 0.839. The molecule has 0 amide bonds. The first-order chi connectivity index (χ1) is 8.66. The van der Waals surface area contributed by atoms with Crippen LogP contribution in [-0.2, 0) is 6.54 Å². The van der Waals surface area contributed by atoms with Gasteiger partial charge in [-0.1, -0.05) is 6.92 Å². The summed E-state index contributed by atoms with van der Waals surface area (Å²) in [6.45, 7) is 3.39. The number of furan rings is 1. The van der Waals surface area contributed by atoms with Crippen molar-refractivity contribution < 1.29 is 14.3 Å². The van der Waals surface area contributed by atoms with Crippen LogP contribution in [0.25, 0.3) is 0 Å². The average Bonchev–Trinajstić information content (AvgIpc) is 3.00. The molecule has 0 aliphatic rings. The Morgan fingerprint density at radius 2 is 2.50 bits per heavy atom. The third kappa shape index (κ3) is 3.18. The lowest BCUT2D eigenvalue weighted by Crippen LogP contribution is -2.19. The van der Waals surface area contributed by atoms with Gasteiger partial charge in [0.25, 0.3) is 0 Å². The van der Waals surface area contributed by atoms with Crippen molar-refractivity contribution in [3.63, 3.8) is 0 Å². The highest BCUT2D eigenvalue weighted by Gasteiger charge is 2.10. The third-order valence-corrected chi connectivity index (χ3v) is 3.53. The highest BCUT2D eigenvalue weighted by molar-refractivity contribution is 7.09.